The molecule has 1 aromatic heterocycles. The standard InChI is InChI=1S/C24H29N3O6/c1-30-21-8-7-17(15-22(21)31-2)19(26-11-13-32-14-12-26)16-25-23(28)9-10-27-18-5-3-4-6-20(18)33-24(27)29/h3-8,15,19H,9-14,16H2,1-2H3,(H,25,28). The van der Waals surface area contributed by atoms with Gasteiger partial charge in [-0.2, -0.15) is 0 Å². The molecule has 0 aliphatic carbocycles. The Morgan fingerprint density at radius 2 is 1.85 bits per heavy atom. The molecular weight excluding hydrogens is 426 g/mol. The van der Waals surface area contributed by atoms with Gasteiger partial charge in [-0.1, -0.05) is 18.2 Å². The van der Waals surface area contributed by atoms with Crippen LogP contribution >= 0.6 is 0 Å². The minimum Gasteiger partial charge on any atom is -0.493 e. The van der Waals surface area contributed by atoms with Crippen LogP contribution in [0.3, 0.4) is 0 Å². The number of rotatable bonds is 9. The van der Waals surface area contributed by atoms with Crippen molar-refractivity contribution in [2.24, 2.45) is 0 Å². The fraction of sp³-hybridized carbons (Fsp3) is 0.417. The van der Waals surface area contributed by atoms with Crippen LogP contribution in [0.15, 0.2) is 51.7 Å². The van der Waals surface area contributed by atoms with Gasteiger partial charge in [-0.15, -0.1) is 0 Å². The molecule has 176 valence electrons. The molecule has 1 amide bonds. The van der Waals surface area contributed by atoms with Crippen molar-refractivity contribution in [2.45, 2.75) is 19.0 Å². The number of amides is 1. The number of hydrogen-bond donors (Lipinski definition) is 1. The molecule has 1 fully saturated rings. The van der Waals surface area contributed by atoms with Crippen LogP contribution in [0.4, 0.5) is 0 Å². The molecule has 0 spiro atoms. The second kappa shape index (κ2) is 10.5. The summed E-state index contributed by atoms with van der Waals surface area (Å²) in [4.78, 5) is 27.1. The third-order valence-electron chi connectivity index (χ3n) is 5.91. The summed E-state index contributed by atoms with van der Waals surface area (Å²) < 4.78 is 23.1. The average molecular weight is 456 g/mol. The van der Waals surface area contributed by atoms with E-state index in [1.807, 2.05) is 36.4 Å². The quantitative estimate of drug-likeness (QED) is 0.528. The zero-order valence-corrected chi connectivity index (χ0v) is 18.9. The molecule has 4 rings (SSSR count). The van der Waals surface area contributed by atoms with Crippen molar-refractivity contribution in [1.82, 2.24) is 14.8 Å². The molecule has 1 N–H and O–H groups in total. The number of ether oxygens (including phenoxy) is 3. The molecule has 33 heavy (non-hydrogen) atoms. The van der Waals surface area contributed by atoms with E-state index >= 15 is 0 Å². The number of morpholine rings is 1. The molecule has 1 aliphatic rings. The fourth-order valence-corrected chi connectivity index (χ4v) is 4.14. The smallest absolute Gasteiger partial charge is 0.419 e. The van der Waals surface area contributed by atoms with Crippen LogP contribution in [-0.4, -0.2) is 62.4 Å². The maximum atomic E-state index is 12.7. The molecule has 2 aromatic carbocycles. The number of hydrogen-bond acceptors (Lipinski definition) is 7. The van der Waals surface area contributed by atoms with E-state index in [4.69, 9.17) is 18.6 Å². The number of carbonyl (C=O) groups is 1. The molecule has 0 saturated carbocycles. The van der Waals surface area contributed by atoms with Crippen molar-refractivity contribution < 1.29 is 23.4 Å². The Morgan fingerprint density at radius 3 is 2.61 bits per heavy atom. The third kappa shape index (κ3) is 5.20. The molecule has 9 heteroatoms. The van der Waals surface area contributed by atoms with Gasteiger partial charge in [0.25, 0.3) is 0 Å². The third-order valence-corrected chi connectivity index (χ3v) is 5.91. The van der Waals surface area contributed by atoms with E-state index in [1.165, 1.54) is 4.57 Å². The van der Waals surface area contributed by atoms with E-state index in [0.29, 0.717) is 42.4 Å². The summed E-state index contributed by atoms with van der Waals surface area (Å²) in [7, 11) is 3.21. The van der Waals surface area contributed by atoms with Crippen molar-refractivity contribution in [3.63, 3.8) is 0 Å². The summed E-state index contributed by atoms with van der Waals surface area (Å²) in [6.07, 6.45) is 0.172. The number of carbonyl (C=O) groups excluding carboxylic acids is 1. The van der Waals surface area contributed by atoms with E-state index in [9.17, 15) is 9.59 Å². The number of aryl methyl sites for hydroxylation is 1. The van der Waals surface area contributed by atoms with Crippen molar-refractivity contribution in [2.75, 3.05) is 47.1 Å². The van der Waals surface area contributed by atoms with Gasteiger partial charge >= 0.3 is 5.76 Å². The molecule has 9 nitrogen and oxygen atoms in total. The topological polar surface area (TPSA) is 95.2 Å². The van der Waals surface area contributed by atoms with Gasteiger partial charge in [0.2, 0.25) is 5.91 Å². The summed E-state index contributed by atoms with van der Waals surface area (Å²) in [5.74, 6) is 0.709. The van der Waals surface area contributed by atoms with Crippen molar-refractivity contribution in [3.05, 3.63) is 58.6 Å². The Labute approximate surface area is 191 Å². The second-order valence-corrected chi connectivity index (χ2v) is 7.82. The first kappa shape index (κ1) is 22.9. The van der Waals surface area contributed by atoms with Gasteiger partial charge in [-0.3, -0.25) is 14.3 Å². The first-order valence-electron chi connectivity index (χ1n) is 11.0. The lowest BCUT2D eigenvalue weighted by atomic mass is 10.0. The van der Waals surface area contributed by atoms with Gasteiger partial charge in [0.05, 0.1) is 39.0 Å². The fourth-order valence-electron chi connectivity index (χ4n) is 4.14. The maximum Gasteiger partial charge on any atom is 0.419 e. The molecule has 2 heterocycles. The Kier molecular flexibility index (Phi) is 7.31. The number of benzene rings is 2. The Hall–Kier alpha value is -3.30. The molecule has 0 bridgehead atoms. The molecule has 1 atom stereocenters. The number of nitrogens with zero attached hydrogens (tertiary/aromatic N) is 2. The van der Waals surface area contributed by atoms with Gasteiger partial charge in [-0.25, -0.2) is 4.79 Å². The van der Waals surface area contributed by atoms with Gasteiger partial charge in [0.1, 0.15) is 0 Å². The minimum atomic E-state index is -0.458. The lowest BCUT2D eigenvalue weighted by Gasteiger charge is -2.35. The lowest BCUT2D eigenvalue weighted by molar-refractivity contribution is -0.121. The van der Waals surface area contributed by atoms with E-state index in [-0.39, 0.29) is 24.9 Å². The first-order valence-corrected chi connectivity index (χ1v) is 11.0. The summed E-state index contributed by atoms with van der Waals surface area (Å²) in [5, 5.41) is 3.04. The van der Waals surface area contributed by atoms with E-state index in [1.54, 1.807) is 20.3 Å². The maximum absolute atomic E-state index is 12.7. The van der Waals surface area contributed by atoms with Crippen LogP contribution in [0, 0.1) is 0 Å². The van der Waals surface area contributed by atoms with Gasteiger partial charge in [0.15, 0.2) is 17.1 Å². The number of oxazole rings is 1. The zero-order valence-electron chi connectivity index (χ0n) is 18.9. The van der Waals surface area contributed by atoms with Crippen LogP contribution in [0.25, 0.3) is 11.1 Å². The molecule has 3 aromatic rings. The van der Waals surface area contributed by atoms with Crippen LogP contribution in [0.5, 0.6) is 11.5 Å². The highest BCUT2D eigenvalue weighted by Gasteiger charge is 2.24. The largest absolute Gasteiger partial charge is 0.493 e. The number of para-hydroxylation sites is 2. The molecule has 1 saturated heterocycles. The molecule has 1 unspecified atom stereocenters. The van der Waals surface area contributed by atoms with Crippen LogP contribution < -0.4 is 20.5 Å². The monoisotopic (exact) mass is 455 g/mol. The SMILES string of the molecule is COc1ccc(C(CNC(=O)CCn2c(=O)oc3ccccc32)N2CCOCC2)cc1OC. The van der Waals surface area contributed by atoms with Crippen molar-refractivity contribution >= 4 is 17.0 Å². The summed E-state index contributed by atoms with van der Waals surface area (Å²) in [6, 6.07) is 13.0. The Balaban J connectivity index is 1.44. The number of methoxy groups -OCH3 is 2. The van der Waals surface area contributed by atoms with E-state index in [2.05, 4.69) is 10.2 Å². The van der Waals surface area contributed by atoms with Crippen molar-refractivity contribution in [3.8, 4) is 11.5 Å². The van der Waals surface area contributed by atoms with Crippen molar-refractivity contribution in [1.29, 1.82) is 0 Å². The normalized spacial score (nSPS) is 15.3. The lowest BCUT2D eigenvalue weighted by Crippen LogP contribution is -2.44. The van der Waals surface area contributed by atoms with Crippen LogP contribution in [-0.2, 0) is 16.1 Å². The summed E-state index contributed by atoms with van der Waals surface area (Å²) >= 11 is 0. The zero-order chi connectivity index (χ0) is 23.2. The summed E-state index contributed by atoms with van der Waals surface area (Å²) in [5.41, 5.74) is 2.22. The van der Waals surface area contributed by atoms with Crippen LogP contribution in [0.2, 0.25) is 0 Å². The number of aromatic nitrogens is 1. The number of nitrogens with one attached hydrogen (secondary N) is 1. The van der Waals surface area contributed by atoms with E-state index in [0.717, 1.165) is 18.7 Å². The Morgan fingerprint density at radius 1 is 1.09 bits per heavy atom. The van der Waals surface area contributed by atoms with Crippen LogP contribution in [0.1, 0.15) is 18.0 Å². The predicted octanol–water partition coefficient (Wildman–Crippen LogP) is 2.19. The predicted molar refractivity (Wildman–Crippen MR) is 123 cm³/mol. The highest BCUT2D eigenvalue weighted by Crippen LogP contribution is 2.32. The first-order chi connectivity index (χ1) is 16.1. The van der Waals surface area contributed by atoms with Gasteiger partial charge in [-0.05, 0) is 29.8 Å². The summed E-state index contributed by atoms with van der Waals surface area (Å²) in [6.45, 7) is 3.51. The second-order valence-electron chi connectivity index (χ2n) is 7.82. The highest BCUT2D eigenvalue weighted by molar-refractivity contribution is 5.76. The van der Waals surface area contributed by atoms with E-state index < -0.39 is 5.76 Å². The molecule has 1 aliphatic heterocycles. The molecule has 0 radical (unpaired) electrons. The van der Waals surface area contributed by atoms with Gasteiger partial charge in [0, 0.05) is 32.6 Å². The minimum absolute atomic E-state index is 0.0462. The molecular formula is C24H29N3O6. The number of fused-ring (bicyclic) bond motifs is 1. The average Bonchev–Trinajstić information content (AvgIpc) is 3.18. The van der Waals surface area contributed by atoms with Gasteiger partial charge < -0.3 is 23.9 Å². The highest BCUT2D eigenvalue weighted by atomic mass is 16.5. The Bertz CT molecular complexity index is 1150.